The van der Waals surface area contributed by atoms with Gasteiger partial charge in [0.25, 0.3) is 5.91 Å². The number of rotatable bonds is 6. The molecule has 0 aromatic heterocycles. The molecule has 1 aromatic carbocycles. The van der Waals surface area contributed by atoms with E-state index in [1.807, 2.05) is 0 Å². The first-order chi connectivity index (χ1) is 10.6. The van der Waals surface area contributed by atoms with Gasteiger partial charge in [0.15, 0.2) is 0 Å². The van der Waals surface area contributed by atoms with Crippen LogP contribution < -0.4 is 11.1 Å². The predicted octanol–water partition coefficient (Wildman–Crippen LogP) is 0.546. The van der Waals surface area contributed by atoms with Crippen molar-refractivity contribution >= 4 is 11.8 Å². The minimum atomic E-state index is -0.514. The molecule has 3 N–H and O–H groups in total. The van der Waals surface area contributed by atoms with Crippen LogP contribution in [0.4, 0.5) is 0 Å². The Morgan fingerprint density at radius 1 is 1.32 bits per heavy atom. The third-order valence-corrected chi connectivity index (χ3v) is 3.81. The minimum Gasteiger partial charge on any atom is -0.379 e. The fourth-order valence-corrected chi connectivity index (χ4v) is 2.46. The van der Waals surface area contributed by atoms with Crippen LogP contribution >= 0.6 is 0 Å². The van der Waals surface area contributed by atoms with Gasteiger partial charge in [-0.15, -0.1) is 0 Å². The zero-order chi connectivity index (χ0) is 15.9. The van der Waals surface area contributed by atoms with Crippen molar-refractivity contribution in [3.63, 3.8) is 0 Å². The van der Waals surface area contributed by atoms with Crippen LogP contribution in [-0.4, -0.2) is 56.1 Å². The van der Waals surface area contributed by atoms with Gasteiger partial charge in [-0.3, -0.25) is 14.5 Å². The number of amides is 2. The van der Waals surface area contributed by atoms with Crippen LogP contribution in [0.15, 0.2) is 18.2 Å². The average molecular weight is 305 g/mol. The zero-order valence-corrected chi connectivity index (χ0v) is 12.9. The summed E-state index contributed by atoms with van der Waals surface area (Å²) in [5.74, 6) is -0.691. The van der Waals surface area contributed by atoms with E-state index in [-0.39, 0.29) is 5.91 Å². The first-order valence-corrected chi connectivity index (χ1v) is 7.56. The first kappa shape index (κ1) is 16.5. The maximum Gasteiger partial charge on any atom is 0.251 e. The number of aryl methyl sites for hydroxylation is 1. The van der Waals surface area contributed by atoms with Crippen molar-refractivity contribution in [3.05, 3.63) is 34.9 Å². The van der Waals surface area contributed by atoms with Gasteiger partial charge in [0.2, 0.25) is 5.91 Å². The lowest BCUT2D eigenvalue weighted by Gasteiger charge is -2.26. The van der Waals surface area contributed by atoms with Crippen LogP contribution in [0.3, 0.4) is 0 Å². The van der Waals surface area contributed by atoms with Gasteiger partial charge in [0, 0.05) is 30.8 Å². The summed E-state index contributed by atoms with van der Waals surface area (Å²) < 4.78 is 5.29. The van der Waals surface area contributed by atoms with Gasteiger partial charge < -0.3 is 15.8 Å². The highest BCUT2D eigenvalue weighted by molar-refractivity contribution is 5.99. The lowest BCUT2D eigenvalue weighted by atomic mass is 10.0. The van der Waals surface area contributed by atoms with Crippen LogP contribution in [0.5, 0.6) is 0 Å². The lowest BCUT2D eigenvalue weighted by Crippen LogP contribution is -2.38. The molecule has 1 heterocycles. The number of ether oxygens (including phenoxy) is 1. The van der Waals surface area contributed by atoms with E-state index in [9.17, 15) is 9.59 Å². The number of morpholine rings is 1. The Balaban J connectivity index is 1.79. The highest BCUT2D eigenvalue weighted by atomic mass is 16.5. The van der Waals surface area contributed by atoms with Gasteiger partial charge in [-0.25, -0.2) is 0 Å². The summed E-state index contributed by atoms with van der Waals surface area (Å²) in [5, 5.41) is 2.88. The number of nitrogens with zero attached hydrogens (tertiary/aromatic N) is 1. The van der Waals surface area contributed by atoms with Crippen molar-refractivity contribution in [1.82, 2.24) is 10.2 Å². The Bertz CT molecular complexity index is 539. The molecule has 1 saturated heterocycles. The number of carbonyl (C=O) groups is 2. The van der Waals surface area contributed by atoms with Crippen LogP contribution in [0, 0.1) is 6.92 Å². The largest absolute Gasteiger partial charge is 0.379 e. The molecular formula is C16H23N3O3. The van der Waals surface area contributed by atoms with Crippen LogP contribution in [-0.2, 0) is 4.74 Å². The molecule has 1 aliphatic heterocycles. The molecule has 0 atom stereocenters. The van der Waals surface area contributed by atoms with Crippen LogP contribution in [0.2, 0.25) is 0 Å². The van der Waals surface area contributed by atoms with Crippen molar-refractivity contribution < 1.29 is 14.3 Å². The Morgan fingerprint density at radius 2 is 2.05 bits per heavy atom. The first-order valence-electron chi connectivity index (χ1n) is 7.56. The number of nitrogens with two attached hydrogens (primary N) is 1. The summed E-state index contributed by atoms with van der Waals surface area (Å²) in [6.45, 7) is 6.82. The van der Waals surface area contributed by atoms with E-state index in [0.29, 0.717) is 17.7 Å². The molecule has 2 amide bonds. The van der Waals surface area contributed by atoms with E-state index in [1.165, 1.54) is 0 Å². The molecule has 2 rings (SSSR count). The number of primary amides is 1. The van der Waals surface area contributed by atoms with Gasteiger partial charge >= 0.3 is 0 Å². The molecule has 22 heavy (non-hydrogen) atoms. The lowest BCUT2D eigenvalue weighted by molar-refractivity contribution is 0.0374. The molecule has 0 spiro atoms. The SMILES string of the molecule is Cc1ccc(C(=O)NCCCN2CCOCC2)cc1C(N)=O. The summed E-state index contributed by atoms with van der Waals surface area (Å²) in [6, 6.07) is 5.00. The molecule has 0 aliphatic carbocycles. The second-order valence-electron chi connectivity index (χ2n) is 5.46. The Kier molecular flexibility index (Phi) is 5.91. The predicted molar refractivity (Wildman–Crippen MR) is 83.9 cm³/mol. The van der Waals surface area contributed by atoms with E-state index in [2.05, 4.69) is 10.2 Å². The summed E-state index contributed by atoms with van der Waals surface area (Å²) in [4.78, 5) is 25.7. The maximum atomic E-state index is 12.1. The molecule has 6 heteroatoms. The van der Waals surface area contributed by atoms with E-state index < -0.39 is 5.91 Å². The van der Waals surface area contributed by atoms with Crippen molar-refractivity contribution in [2.24, 2.45) is 5.73 Å². The number of hydrogen-bond donors (Lipinski definition) is 2. The zero-order valence-electron chi connectivity index (χ0n) is 12.9. The van der Waals surface area contributed by atoms with Crippen molar-refractivity contribution in [1.29, 1.82) is 0 Å². The monoisotopic (exact) mass is 305 g/mol. The van der Waals surface area contributed by atoms with E-state index in [4.69, 9.17) is 10.5 Å². The number of benzene rings is 1. The Morgan fingerprint density at radius 3 is 2.73 bits per heavy atom. The fourth-order valence-electron chi connectivity index (χ4n) is 2.46. The topological polar surface area (TPSA) is 84.7 Å². The molecule has 1 fully saturated rings. The third kappa shape index (κ3) is 4.54. The minimum absolute atomic E-state index is 0.176. The quantitative estimate of drug-likeness (QED) is 0.752. The van der Waals surface area contributed by atoms with Gasteiger partial charge in [0.1, 0.15) is 0 Å². The van der Waals surface area contributed by atoms with Crippen molar-refractivity contribution in [2.75, 3.05) is 39.4 Å². The fraction of sp³-hybridized carbons (Fsp3) is 0.500. The number of hydrogen-bond acceptors (Lipinski definition) is 4. The molecule has 6 nitrogen and oxygen atoms in total. The second kappa shape index (κ2) is 7.91. The summed E-state index contributed by atoms with van der Waals surface area (Å²) >= 11 is 0. The Labute approximate surface area is 130 Å². The third-order valence-electron chi connectivity index (χ3n) is 3.81. The number of carbonyl (C=O) groups excluding carboxylic acids is 2. The van der Waals surface area contributed by atoms with E-state index in [0.717, 1.165) is 44.8 Å². The molecule has 120 valence electrons. The standard InChI is InChI=1S/C16H23N3O3/c1-12-3-4-13(11-14(12)15(17)20)16(21)18-5-2-6-19-7-9-22-10-8-19/h3-4,11H,2,5-10H2,1H3,(H2,17,20)(H,18,21). The van der Waals surface area contributed by atoms with Crippen molar-refractivity contribution in [3.8, 4) is 0 Å². The number of nitrogens with one attached hydrogen (secondary N) is 1. The maximum absolute atomic E-state index is 12.1. The molecule has 0 bridgehead atoms. The van der Waals surface area contributed by atoms with Crippen LogP contribution in [0.1, 0.15) is 32.7 Å². The normalized spacial score (nSPS) is 15.5. The average Bonchev–Trinajstić information content (AvgIpc) is 2.52. The molecule has 0 saturated carbocycles. The van der Waals surface area contributed by atoms with E-state index in [1.54, 1.807) is 25.1 Å². The Hall–Kier alpha value is -1.92. The van der Waals surface area contributed by atoms with Crippen LogP contribution in [0.25, 0.3) is 0 Å². The highest BCUT2D eigenvalue weighted by Gasteiger charge is 2.12. The summed E-state index contributed by atoms with van der Waals surface area (Å²) in [5.41, 5.74) is 6.93. The second-order valence-corrected chi connectivity index (χ2v) is 5.46. The molecule has 1 aliphatic rings. The highest BCUT2D eigenvalue weighted by Crippen LogP contribution is 2.10. The molecule has 0 unspecified atom stereocenters. The van der Waals surface area contributed by atoms with Crippen molar-refractivity contribution in [2.45, 2.75) is 13.3 Å². The molecular weight excluding hydrogens is 282 g/mol. The summed E-state index contributed by atoms with van der Waals surface area (Å²) in [7, 11) is 0. The summed E-state index contributed by atoms with van der Waals surface area (Å²) in [6.07, 6.45) is 0.889. The van der Waals surface area contributed by atoms with Gasteiger partial charge in [-0.05, 0) is 37.6 Å². The van der Waals surface area contributed by atoms with E-state index >= 15 is 0 Å². The van der Waals surface area contributed by atoms with Gasteiger partial charge in [0.05, 0.1) is 13.2 Å². The molecule has 1 aromatic rings. The molecule has 0 radical (unpaired) electrons. The smallest absolute Gasteiger partial charge is 0.251 e. The van der Waals surface area contributed by atoms with Gasteiger partial charge in [-0.2, -0.15) is 0 Å². The van der Waals surface area contributed by atoms with Gasteiger partial charge in [-0.1, -0.05) is 6.07 Å².